The number of anilines is 1. The molecule has 33 heavy (non-hydrogen) atoms. The normalized spacial score (nSPS) is 20.0. The van der Waals surface area contributed by atoms with Crippen molar-refractivity contribution < 1.29 is 18.4 Å². The quantitative estimate of drug-likeness (QED) is 0.469. The minimum Gasteiger partial charge on any atom is -0.309 e. The van der Waals surface area contributed by atoms with Gasteiger partial charge in [0.15, 0.2) is 23.1 Å². The fourth-order valence-electron chi connectivity index (χ4n) is 4.20. The number of amides is 1. The fraction of sp³-hybridized carbons (Fsp3) is 0.227. The number of ketones is 1. The summed E-state index contributed by atoms with van der Waals surface area (Å²) >= 11 is 6.48. The van der Waals surface area contributed by atoms with Gasteiger partial charge in [0.05, 0.1) is 40.7 Å². The molecule has 166 valence electrons. The second-order valence-corrected chi connectivity index (χ2v) is 8.56. The van der Waals surface area contributed by atoms with Gasteiger partial charge in [-0.15, -0.1) is 0 Å². The zero-order valence-corrected chi connectivity index (χ0v) is 17.7. The van der Waals surface area contributed by atoms with Crippen LogP contribution in [0.15, 0.2) is 30.9 Å². The summed E-state index contributed by atoms with van der Waals surface area (Å²) in [5.74, 6) is -1.51. The molecule has 2 atom stereocenters. The topological polar surface area (TPSA) is 105 Å². The lowest BCUT2D eigenvalue weighted by atomic mass is 9.97. The van der Waals surface area contributed by atoms with E-state index in [-0.39, 0.29) is 28.6 Å². The van der Waals surface area contributed by atoms with E-state index in [0.29, 0.717) is 46.2 Å². The number of hydrogen-bond acceptors (Lipinski definition) is 5. The van der Waals surface area contributed by atoms with Gasteiger partial charge in [-0.3, -0.25) is 19.7 Å². The van der Waals surface area contributed by atoms with Crippen molar-refractivity contribution in [2.24, 2.45) is 5.92 Å². The summed E-state index contributed by atoms with van der Waals surface area (Å²) in [7, 11) is 0. The molecule has 2 aliphatic rings. The number of H-pyrrole nitrogens is 1. The summed E-state index contributed by atoms with van der Waals surface area (Å²) in [5.41, 5.74) is 2.38. The van der Waals surface area contributed by atoms with Crippen LogP contribution in [0.5, 0.6) is 0 Å². The van der Waals surface area contributed by atoms with Crippen LogP contribution >= 0.6 is 11.6 Å². The summed E-state index contributed by atoms with van der Waals surface area (Å²) in [6.07, 6.45) is 7.48. The molecule has 0 aliphatic heterocycles. The molecule has 0 radical (unpaired) electrons. The van der Waals surface area contributed by atoms with Crippen molar-refractivity contribution in [2.45, 2.75) is 25.4 Å². The standard InChI is InChI=1S/C22H15ClF2N6O2/c23-19-18(12-5-27-30-21(12)17(20(19)25)9-1-2-10(32)3-9)14-7-31-8-15(28-16(31)6-26-14)29-22(33)11-4-13(11)24/h3,5-8,11,13H,1-2,4H2,(H,27,30)(H,29,33)/t11-,13+/m1/s1. The number of carbonyl (C=O) groups is 2. The van der Waals surface area contributed by atoms with E-state index in [9.17, 15) is 14.0 Å². The Morgan fingerprint density at radius 1 is 1.24 bits per heavy atom. The van der Waals surface area contributed by atoms with Crippen LogP contribution in [0.1, 0.15) is 24.8 Å². The summed E-state index contributed by atoms with van der Waals surface area (Å²) in [6, 6.07) is 0. The Bertz CT molecular complexity index is 1520. The van der Waals surface area contributed by atoms with Crippen LogP contribution in [-0.2, 0) is 9.59 Å². The Kier molecular flexibility index (Phi) is 4.34. The lowest BCUT2D eigenvalue weighted by Gasteiger charge is -2.12. The van der Waals surface area contributed by atoms with Crippen molar-refractivity contribution in [3.05, 3.63) is 47.3 Å². The number of nitrogens with one attached hydrogen (secondary N) is 2. The van der Waals surface area contributed by atoms with Gasteiger partial charge in [-0.05, 0) is 24.5 Å². The number of aromatic amines is 1. The van der Waals surface area contributed by atoms with E-state index in [1.165, 1.54) is 18.5 Å². The van der Waals surface area contributed by atoms with Crippen molar-refractivity contribution in [2.75, 3.05) is 5.32 Å². The first-order chi connectivity index (χ1) is 15.9. The van der Waals surface area contributed by atoms with Crippen molar-refractivity contribution in [1.29, 1.82) is 0 Å². The molecule has 1 aromatic carbocycles. The third-order valence-electron chi connectivity index (χ3n) is 5.99. The van der Waals surface area contributed by atoms with Crippen LogP contribution < -0.4 is 5.32 Å². The maximum absolute atomic E-state index is 15.5. The monoisotopic (exact) mass is 468 g/mol. The fourth-order valence-corrected chi connectivity index (χ4v) is 4.50. The molecule has 3 aromatic heterocycles. The molecule has 2 N–H and O–H groups in total. The highest BCUT2D eigenvalue weighted by atomic mass is 35.5. The molecule has 0 unspecified atom stereocenters. The third-order valence-corrected chi connectivity index (χ3v) is 6.34. The number of halogens is 3. The predicted octanol–water partition coefficient (Wildman–Crippen LogP) is 4.11. The molecule has 2 aliphatic carbocycles. The number of nitrogens with zero attached hydrogens (tertiary/aromatic N) is 4. The highest BCUT2D eigenvalue weighted by Gasteiger charge is 2.43. The molecular weight excluding hydrogens is 454 g/mol. The Labute approximate surface area is 189 Å². The Balaban J connectivity index is 1.44. The van der Waals surface area contributed by atoms with Gasteiger partial charge in [-0.2, -0.15) is 5.10 Å². The van der Waals surface area contributed by atoms with Crippen LogP contribution in [0.2, 0.25) is 5.02 Å². The molecule has 4 aromatic rings. The van der Waals surface area contributed by atoms with Crippen LogP contribution in [0.25, 0.3) is 33.4 Å². The van der Waals surface area contributed by atoms with E-state index in [1.54, 1.807) is 16.8 Å². The third kappa shape index (κ3) is 3.20. The van der Waals surface area contributed by atoms with Crippen LogP contribution in [0.3, 0.4) is 0 Å². The van der Waals surface area contributed by atoms with E-state index in [0.717, 1.165) is 0 Å². The second kappa shape index (κ2) is 7.17. The number of aromatic nitrogens is 5. The molecule has 8 nitrogen and oxygen atoms in total. The zero-order valence-electron chi connectivity index (χ0n) is 16.9. The lowest BCUT2D eigenvalue weighted by molar-refractivity contribution is -0.117. The van der Waals surface area contributed by atoms with Gasteiger partial charge in [-0.25, -0.2) is 13.8 Å². The zero-order chi connectivity index (χ0) is 22.9. The first-order valence-corrected chi connectivity index (χ1v) is 10.7. The highest BCUT2D eigenvalue weighted by Crippen LogP contribution is 2.42. The Morgan fingerprint density at radius 2 is 2.06 bits per heavy atom. The van der Waals surface area contributed by atoms with Gasteiger partial charge in [-0.1, -0.05) is 11.6 Å². The summed E-state index contributed by atoms with van der Waals surface area (Å²) in [5, 5.41) is 9.89. The number of benzene rings is 1. The van der Waals surface area contributed by atoms with Gasteiger partial charge in [0, 0.05) is 29.1 Å². The van der Waals surface area contributed by atoms with Gasteiger partial charge >= 0.3 is 0 Å². The van der Waals surface area contributed by atoms with Crippen LogP contribution in [0.4, 0.5) is 14.6 Å². The minimum atomic E-state index is -1.11. The molecule has 0 bridgehead atoms. The SMILES string of the molecule is O=C1C=C(c2c(F)c(Cl)c(-c3cn4cc(NC(=O)[C@@H]5C[C@@H]5F)nc4cn3)c3cn[nH]c23)CC1. The predicted molar refractivity (Wildman–Crippen MR) is 117 cm³/mol. The summed E-state index contributed by atoms with van der Waals surface area (Å²) in [4.78, 5) is 32.4. The number of imidazole rings is 1. The van der Waals surface area contributed by atoms with Gasteiger partial charge in [0.1, 0.15) is 6.17 Å². The molecular formula is C22H15ClF2N6O2. The molecule has 11 heteroatoms. The smallest absolute Gasteiger partial charge is 0.231 e. The molecule has 0 saturated heterocycles. The first kappa shape index (κ1) is 20.0. The van der Waals surface area contributed by atoms with Gasteiger partial charge in [0.25, 0.3) is 0 Å². The maximum Gasteiger partial charge on any atom is 0.231 e. The summed E-state index contributed by atoms with van der Waals surface area (Å²) < 4.78 is 30.2. The van der Waals surface area contributed by atoms with Gasteiger partial charge < -0.3 is 9.72 Å². The molecule has 6 rings (SSSR count). The largest absolute Gasteiger partial charge is 0.309 e. The average Bonchev–Trinajstić information content (AvgIpc) is 3.16. The van der Waals surface area contributed by atoms with Crippen molar-refractivity contribution in [3.8, 4) is 11.3 Å². The van der Waals surface area contributed by atoms with E-state index < -0.39 is 23.8 Å². The Morgan fingerprint density at radius 3 is 2.79 bits per heavy atom. The number of alkyl halides is 1. The molecule has 0 spiro atoms. The van der Waals surface area contributed by atoms with E-state index >= 15 is 4.39 Å². The second-order valence-electron chi connectivity index (χ2n) is 8.18. The highest BCUT2D eigenvalue weighted by molar-refractivity contribution is 6.35. The number of rotatable bonds is 4. The number of allylic oxidation sites excluding steroid dienone is 2. The van der Waals surface area contributed by atoms with Gasteiger partial charge in [0.2, 0.25) is 5.91 Å². The van der Waals surface area contributed by atoms with Crippen molar-refractivity contribution >= 4 is 51.2 Å². The number of carbonyl (C=O) groups excluding carboxylic acids is 2. The van der Waals surface area contributed by atoms with Crippen molar-refractivity contribution in [3.63, 3.8) is 0 Å². The van der Waals surface area contributed by atoms with E-state index in [4.69, 9.17) is 11.6 Å². The maximum atomic E-state index is 15.5. The van der Waals surface area contributed by atoms with Crippen LogP contribution in [-0.4, -0.2) is 42.4 Å². The molecule has 3 heterocycles. The number of hydrogen-bond donors (Lipinski definition) is 2. The molecule has 1 fully saturated rings. The number of fused-ring (bicyclic) bond motifs is 2. The van der Waals surface area contributed by atoms with Crippen LogP contribution in [0, 0.1) is 11.7 Å². The summed E-state index contributed by atoms with van der Waals surface area (Å²) in [6.45, 7) is 0. The Hall–Kier alpha value is -3.66. The lowest BCUT2D eigenvalue weighted by Crippen LogP contribution is -2.15. The molecule has 1 amide bonds. The minimum absolute atomic E-state index is 0.0592. The first-order valence-electron chi connectivity index (χ1n) is 10.3. The molecule has 1 saturated carbocycles. The van der Waals surface area contributed by atoms with E-state index in [1.807, 2.05) is 0 Å². The van der Waals surface area contributed by atoms with Crippen molar-refractivity contribution in [1.82, 2.24) is 24.6 Å². The average molecular weight is 469 g/mol. The van der Waals surface area contributed by atoms with E-state index in [2.05, 4.69) is 25.5 Å².